The van der Waals surface area contributed by atoms with Gasteiger partial charge in [-0.15, -0.1) is 0 Å². The van der Waals surface area contributed by atoms with Crippen LogP contribution in [0.1, 0.15) is 77.3 Å². The molecule has 1 heterocycles. The van der Waals surface area contributed by atoms with Gasteiger partial charge in [0.15, 0.2) is 0 Å². The molecule has 2 aliphatic rings. The zero-order chi connectivity index (χ0) is 24.6. The van der Waals surface area contributed by atoms with E-state index in [1.54, 1.807) is 0 Å². The molecule has 0 radical (unpaired) electrons. The van der Waals surface area contributed by atoms with Crippen molar-refractivity contribution in [3.63, 3.8) is 0 Å². The van der Waals surface area contributed by atoms with E-state index in [1.807, 2.05) is 45.0 Å². The third kappa shape index (κ3) is 5.78. The predicted molar refractivity (Wildman–Crippen MR) is 130 cm³/mol. The Balaban J connectivity index is 2.06. The number of allylic oxidation sites excluding steroid dienone is 1. The van der Waals surface area contributed by atoms with Crippen molar-refractivity contribution in [2.24, 2.45) is 5.41 Å². The first-order valence-corrected chi connectivity index (χ1v) is 12.1. The number of rotatable bonds is 7. The van der Waals surface area contributed by atoms with Gasteiger partial charge in [0.25, 0.3) is 0 Å². The summed E-state index contributed by atoms with van der Waals surface area (Å²) in [5, 5.41) is 10.0. The van der Waals surface area contributed by atoms with E-state index in [4.69, 9.17) is 9.47 Å². The molecular weight excluding hydrogens is 421 g/mol. The van der Waals surface area contributed by atoms with E-state index in [9.17, 15) is 14.3 Å². The van der Waals surface area contributed by atoms with E-state index in [-0.39, 0.29) is 35.3 Å². The molecule has 0 saturated carbocycles. The van der Waals surface area contributed by atoms with Gasteiger partial charge in [-0.2, -0.15) is 0 Å². The number of aliphatic hydroxyl groups is 1. The topological polar surface area (TPSA) is 59.0 Å². The molecule has 184 valence electrons. The predicted octanol–water partition coefficient (Wildman–Crippen LogP) is 5.42. The summed E-state index contributed by atoms with van der Waals surface area (Å²) >= 11 is 0. The lowest BCUT2D eigenvalue weighted by Crippen LogP contribution is -2.40. The Kier molecular flexibility index (Phi) is 7.59. The average Bonchev–Trinajstić information content (AvgIpc) is 2.67. The standard InChI is InChI=1S/C27H40FNO4/c1-8-32-27(5)15-21(18-11-17(2)25(28)23(12-18)29(6)7)22(26(3,4)16-27)10-9-20-13-19(30)14-24(31)33-20/h11-12,19-20,30H,8-10,13-16H2,1-7H3. The van der Waals surface area contributed by atoms with Crippen LogP contribution < -0.4 is 4.90 Å². The van der Waals surface area contributed by atoms with Crippen LogP contribution >= 0.6 is 0 Å². The van der Waals surface area contributed by atoms with Gasteiger partial charge >= 0.3 is 5.97 Å². The Morgan fingerprint density at radius 3 is 2.58 bits per heavy atom. The number of nitrogens with zero attached hydrogens (tertiary/aromatic N) is 1. The second-order valence-electron chi connectivity index (χ2n) is 10.8. The van der Waals surface area contributed by atoms with Crippen molar-refractivity contribution in [2.75, 3.05) is 25.6 Å². The number of carbonyl (C=O) groups is 1. The zero-order valence-electron chi connectivity index (χ0n) is 21.3. The molecule has 0 bridgehead atoms. The number of ether oxygens (including phenoxy) is 2. The van der Waals surface area contributed by atoms with Crippen molar-refractivity contribution in [3.8, 4) is 0 Å². The van der Waals surface area contributed by atoms with Crippen LogP contribution in [0.5, 0.6) is 0 Å². The molecule has 6 heteroatoms. The number of carbonyl (C=O) groups excluding carboxylic acids is 1. The lowest BCUT2D eigenvalue weighted by molar-refractivity contribution is -0.160. The Morgan fingerprint density at radius 2 is 1.97 bits per heavy atom. The van der Waals surface area contributed by atoms with Gasteiger partial charge < -0.3 is 19.5 Å². The molecule has 1 aliphatic heterocycles. The molecular formula is C27H40FNO4. The highest BCUT2D eigenvalue weighted by molar-refractivity contribution is 5.75. The third-order valence-electron chi connectivity index (χ3n) is 7.06. The second kappa shape index (κ2) is 9.75. The minimum Gasteiger partial charge on any atom is -0.462 e. The van der Waals surface area contributed by atoms with Gasteiger partial charge in [0.2, 0.25) is 0 Å². The fourth-order valence-electron chi connectivity index (χ4n) is 5.80. The van der Waals surface area contributed by atoms with Crippen molar-refractivity contribution < 1.29 is 23.8 Å². The molecule has 0 aromatic heterocycles. The molecule has 3 rings (SSSR count). The van der Waals surface area contributed by atoms with Crippen molar-refractivity contribution in [2.45, 2.75) is 91.0 Å². The van der Waals surface area contributed by atoms with Crippen LogP contribution in [-0.4, -0.2) is 49.6 Å². The minimum atomic E-state index is -0.632. The quantitative estimate of drug-likeness (QED) is 0.550. The van der Waals surface area contributed by atoms with Gasteiger partial charge in [-0.25, -0.2) is 4.39 Å². The minimum absolute atomic E-state index is 0.0742. The van der Waals surface area contributed by atoms with Gasteiger partial charge in [-0.1, -0.05) is 19.4 Å². The van der Waals surface area contributed by atoms with Gasteiger partial charge in [0, 0.05) is 33.5 Å². The SMILES string of the molecule is CCOC1(C)CC(c2cc(C)c(F)c(N(C)C)c2)=C(CCC2CC(O)CC(=O)O2)C(C)(C)C1. The largest absolute Gasteiger partial charge is 0.462 e. The van der Waals surface area contributed by atoms with E-state index < -0.39 is 6.10 Å². The van der Waals surface area contributed by atoms with E-state index in [2.05, 4.69) is 20.8 Å². The summed E-state index contributed by atoms with van der Waals surface area (Å²) in [5.74, 6) is -0.527. The fourth-order valence-corrected chi connectivity index (χ4v) is 5.80. The molecule has 1 fully saturated rings. The normalized spacial score (nSPS) is 27.5. The number of hydrogen-bond acceptors (Lipinski definition) is 5. The maximum atomic E-state index is 14.8. The van der Waals surface area contributed by atoms with Crippen LogP contribution in [-0.2, 0) is 14.3 Å². The summed E-state index contributed by atoms with van der Waals surface area (Å²) < 4.78 is 26.6. The highest BCUT2D eigenvalue weighted by Gasteiger charge is 2.43. The van der Waals surface area contributed by atoms with Crippen molar-refractivity contribution in [1.82, 2.24) is 0 Å². The van der Waals surface area contributed by atoms with Crippen LogP contribution in [0.2, 0.25) is 0 Å². The van der Waals surface area contributed by atoms with Gasteiger partial charge in [-0.3, -0.25) is 4.79 Å². The second-order valence-corrected chi connectivity index (χ2v) is 10.8. The number of cyclic esters (lactones) is 1. The summed E-state index contributed by atoms with van der Waals surface area (Å²) in [6.07, 6.45) is 2.67. The van der Waals surface area contributed by atoms with Crippen LogP contribution in [0.25, 0.3) is 5.57 Å². The molecule has 1 saturated heterocycles. The summed E-state index contributed by atoms with van der Waals surface area (Å²) in [6, 6.07) is 3.88. The lowest BCUT2D eigenvalue weighted by Gasteiger charge is -2.46. The number of aryl methyl sites for hydroxylation is 1. The van der Waals surface area contributed by atoms with Gasteiger partial charge in [-0.05, 0) is 74.3 Å². The number of esters is 1. The van der Waals surface area contributed by atoms with Crippen molar-refractivity contribution >= 4 is 17.2 Å². The lowest BCUT2D eigenvalue weighted by atomic mass is 9.64. The first-order valence-electron chi connectivity index (χ1n) is 12.1. The maximum Gasteiger partial charge on any atom is 0.308 e. The van der Waals surface area contributed by atoms with Crippen molar-refractivity contribution in [1.29, 1.82) is 0 Å². The molecule has 1 aromatic carbocycles. The molecule has 5 nitrogen and oxygen atoms in total. The molecule has 3 atom stereocenters. The fraction of sp³-hybridized carbons (Fsp3) is 0.667. The maximum absolute atomic E-state index is 14.8. The summed E-state index contributed by atoms with van der Waals surface area (Å²) in [6.45, 7) is 11.1. The van der Waals surface area contributed by atoms with Gasteiger partial charge in [0.05, 0.1) is 23.8 Å². The third-order valence-corrected chi connectivity index (χ3v) is 7.06. The van der Waals surface area contributed by atoms with Crippen LogP contribution in [0.15, 0.2) is 17.7 Å². The van der Waals surface area contributed by atoms with E-state index in [0.29, 0.717) is 30.7 Å². The van der Waals surface area contributed by atoms with E-state index in [0.717, 1.165) is 24.8 Å². The van der Waals surface area contributed by atoms with E-state index in [1.165, 1.54) is 11.1 Å². The number of benzene rings is 1. The number of hydrogen-bond donors (Lipinski definition) is 1. The highest BCUT2D eigenvalue weighted by atomic mass is 19.1. The van der Waals surface area contributed by atoms with Crippen LogP contribution in [0.4, 0.5) is 10.1 Å². The van der Waals surface area contributed by atoms with E-state index >= 15 is 0 Å². The first-order chi connectivity index (χ1) is 15.3. The molecule has 1 aliphatic carbocycles. The molecule has 0 amide bonds. The Morgan fingerprint density at radius 1 is 1.27 bits per heavy atom. The van der Waals surface area contributed by atoms with Crippen LogP contribution in [0.3, 0.4) is 0 Å². The summed E-state index contributed by atoms with van der Waals surface area (Å²) in [4.78, 5) is 13.6. The average molecular weight is 462 g/mol. The van der Waals surface area contributed by atoms with Crippen LogP contribution in [0, 0.1) is 18.2 Å². The zero-order valence-corrected chi connectivity index (χ0v) is 21.3. The summed E-state index contributed by atoms with van der Waals surface area (Å²) in [7, 11) is 3.71. The number of halogens is 1. The molecule has 0 spiro atoms. The first kappa shape index (κ1) is 25.7. The Bertz CT molecular complexity index is 923. The highest BCUT2D eigenvalue weighted by Crippen LogP contribution is 2.51. The smallest absolute Gasteiger partial charge is 0.308 e. The number of anilines is 1. The molecule has 1 aromatic rings. The van der Waals surface area contributed by atoms with Crippen molar-refractivity contribution in [3.05, 3.63) is 34.6 Å². The number of aliphatic hydroxyl groups excluding tert-OH is 1. The molecule has 3 unspecified atom stereocenters. The monoisotopic (exact) mass is 461 g/mol. The molecule has 33 heavy (non-hydrogen) atoms. The Hall–Kier alpha value is -1.92. The molecule has 1 N–H and O–H groups in total. The van der Waals surface area contributed by atoms with Gasteiger partial charge in [0.1, 0.15) is 11.9 Å². The Labute approximate surface area is 198 Å². The summed E-state index contributed by atoms with van der Waals surface area (Å²) in [5.41, 5.74) is 4.24.